The van der Waals surface area contributed by atoms with Crippen molar-refractivity contribution in [2.24, 2.45) is 0 Å². The van der Waals surface area contributed by atoms with Crippen LogP contribution in [0.2, 0.25) is 0 Å². The number of benzene rings is 2. The molecular weight excluding hydrogens is 322 g/mol. The molecule has 1 aliphatic heterocycles. The summed E-state index contributed by atoms with van der Waals surface area (Å²) in [5.74, 6) is 0. The Morgan fingerprint density at radius 1 is 0.917 bits per heavy atom. The van der Waals surface area contributed by atoms with Crippen molar-refractivity contribution in [1.29, 1.82) is 0 Å². The number of nitrogens with zero attached hydrogens (tertiary/aromatic N) is 2. The fourth-order valence-corrected chi connectivity index (χ4v) is 3.57. The largest absolute Gasteiger partial charge is 0.329 e. The zero-order valence-electron chi connectivity index (χ0n) is 13.5. The number of hydrogen-bond donors (Lipinski definition) is 1. The maximum Gasteiger partial charge on any atom is 0.329 e. The first-order valence-corrected chi connectivity index (χ1v) is 8.29. The number of rotatable bonds is 3. The van der Waals surface area contributed by atoms with Crippen molar-refractivity contribution < 1.29 is 0 Å². The SMILES string of the molecule is Cl.O=c1n(Cc2ccccc2)c2ccccc2n1C1CCNCC1. The molecule has 4 nitrogen and oxygen atoms in total. The van der Waals surface area contributed by atoms with Gasteiger partial charge in [-0.1, -0.05) is 42.5 Å². The van der Waals surface area contributed by atoms with E-state index in [1.165, 1.54) is 0 Å². The van der Waals surface area contributed by atoms with E-state index in [1.807, 2.05) is 39.5 Å². The van der Waals surface area contributed by atoms with E-state index in [-0.39, 0.29) is 18.1 Å². The summed E-state index contributed by atoms with van der Waals surface area (Å²) in [7, 11) is 0. The molecule has 0 bridgehead atoms. The molecule has 5 heteroatoms. The minimum Gasteiger partial charge on any atom is -0.317 e. The normalized spacial score (nSPS) is 15.3. The molecule has 1 aliphatic rings. The number of para-hydroxylation sites is 2. The summed E-state index contributed by atoms with van der Waals surface area (Å²) in [6.45, 7) is 2.59. The predicted molar refractivity (Wildman–Crippen MR) is 100 cm³/mol. The first-order chi connectivity index (χ1) is 11.3. The maximum atomic E-state index is 13.1. The van der Waals surface area contributed by atoms with Crippen LogP contribution in [-0.2, 0) is 6.54 Å². The van der Waals surface area contributed by atoms with Crippen molar-refractivity contribution in [3.8, 4) is 0 Å². The molecule has 24 heavy (non-hydrogen) atoms. The van der Waals surface area contributed by atoms with E-state index in [0.717, 1.165) is 42.5 Å². The smallest absolute Gasteiger partial charge is 0.317 e. The third kappa shape index (κ3) is 2.99. The highest BCUT2D eigenvalue weighted by Crippen LogP contribution is 2.23. The standard InChI is InChI=1S/C19H21N3O.ClH/c23-19-21(14-15-6-2-1-3-7-15)17-8-4-5-9-18(17)22(19)16-10-12-20-13-11-16;/h1-9,16,20H,10-14H2;1H. The summed E-state index contributed by atoms with van der Waals surface area (Å²) in [5.41, 5.74) is 3.35. The van der Waals surface area contributed by atoms with Crippen LogP contribution >= 0.6 is 12.4 Å². The number of aromatic nitrogens is 2. The molecule has 1 aromatic heterocycles. The predicted octanol–water partition coefficient (Wildman–Crippen LogP) is 3.20. The highest BCUT2D eigenvalue weighted by Gasteiger charge is 2.21. The zero-order chi connectivity index (χ0) is 15.6. The number of nitrogens with one attached hydrogen (secondary N) is 1. The van der Waals surface area contributed by atoms with Crippen molar-refractivity contribution in [2.75, 3.05) is 13.1 Å². The summed E-state index contributed by atoms with van der Waals surface area (Å²) < 4.78 is 3.92. The second-order valence-corrected chi connectivity index (χ2v) is 6.19. The number of piperidine rings is 1. The van der Waals surface area contributed by atoms with Crippen molar-refractivity contribution in [1.82, 2.24) is 14.5 Å². The van der Waals surface area contributed by atoms with Gasteiger partial charge in [-0.2, -0.15) is 0 Å². The van der Waals surface area contributed by atoms with Gasteiger partial charge in [0.1, 0.15) is 0 Å². The van der Waals surface area contributed by atoms with Crippen molar-refractivity contribution >= 4 is 23.4 Å². The van der Waals surface area contributed by atoms with Crippen molar-refractivity contribution in [3.05, 3.63) is 70.6 Å². The van der Waals surface area contributed by atoms with Gasteiger partial charge in [-0.25, -0.2) is 4.79 Å². The van der Waals surface area contributed by atoms with Crippen LogP contribution in [0.3, 0.4) is 0 Å². The highest BCUT2D eigenvalue weighted by atomic mass is 35.5. The minimum atomic E-state index is 0. The van der Waals surface area contributed by atoms with Gasteiger partial charge in [-0.05, 0) is 43.6 Å². The average Bonchev–Trinajstić information content (AvgIpc) is 2.89. The molecule has 0 saturated carbocycles. The lowest BCUT2D eigenvalue weighted by Crippen LogP contribution is -2.35. The van der Waals surface area contributed by atoms with Crippen molar-refractivity contribution in [3.63, 3.8) is 0 Å². The lowest BCUT2D eigenvalue weighted by atomic mass is 10.1. The molecule has 0 aliphatic carbocycles. The van der Waals surface area contributed by atoms with Crippen LogP contribution in [-0.4, -0.2) is 22.2 Å². The molecule has 0 atom stereocenters. The second-order valence-electron chi connectivity index (χ2n) is 6.19. The molecule has 126 valence electrons. The van der Waals surface area contributed by atoms with Crippen LogP contribution in [0.1, 0.15) is 24.4 Å². The van der Waals surface area contributed by atoms with E-state index in [1.54, 1.807) is 0 Å². The summed E-state index contributed by atoms with van der Waals surface area (Å²) >= 11 is 0. The Morgan fingerprint density at radius 2 is 1.54 bits per heavy atom. The Bertz CT molecular complexity index is 863. The lowest BCUT2D eigenvalue weighted by molar-refractivity contribution is 0.365. The topological polar surface area (TPSA) is 39.0 Å². The molecule has 1 fully saturated rings. The molecule has 0 unspecified atom stereocenters. The molecule has 0 spiro atoms. The van der Waals surface area contributed by atoms with Gasteiger partial charge in [0.15, 0.2) is 0 Å². The molecular formula is C19H22ClN3O. The van der Waals surface area contributed by atoms with Crippen LogP contribution in [0.5, 0.6) is 0 Å². The molecule has 4 rings (SSSR count). The molecule has 0 radical (unpaired) electrons. The third-order valence-electron chi connectivity index (χ3n) is 4.73. The zero-order valence-corrected chi connectivity index (χ0v) is 14.3. The fourth-order valence-electron chi connectivity index (χ4n) is 3.57. The quantitative estimate of drug-likeness (QED) is 0.793. The molecule has 1 saturated heterocycles. The van der Waals surface area contributed by atoms with E-state index in [2.05, 4.69) is 29.6 Å². The Morgan fingerprint density at radius 3 is 2.25 bits per heavy atom. The molecule has 0 amide bonds. The molecule has 2 aromatic carbocycles. The molecule has 1 N–H and O–H groups in total. The summed E-state index contributed by atoms with van der Waals surface area (Å²) in [6.07, 6.45) is 2.03. The number of fused-ring (bicyclic) bond motifs is 1. The van der Waals surface area contributed by atoms with Crippen LogP contribution < -0.4 is 11.0 Å². The second kappa shape index (κ2) is 7.24. The number of imidazole rings is 1. The van der Waals surface area contributed by atoms with Gasteiger partial charge in [-0.3, -0.25) is 9.13 Å². The Hall–Kier alpha value is -2.04. The van der Waals surface area contributed by atoms with Gasteiger partial charge in [-0.15, -0.1) is 12.4 Å². The molecule has 3 aromatic rings. The number of hydrogen-bond acceptors (Lipinski definition) is 2. The lowest BCUT2D eigenvalue weighted by Gasteiger charge is -2.23. The van der Waals surface area contributed by atoms with Crippen LogP contribution in [0.4, 0.5) is 0 Å². The van der Waals surface area contributed by atoms with E-state index in [4.69, 9.17) is 0 Å². The fraction of sp³-hybridized carbons (Fsp3) is 0.316. The minimum absolute atomic E-state index is 0. The monoisotopic (exact) mass is 343 g/mol. The van der Waals surface area contributed by atoms with Crippen molar-refractivity contribution in [2.45, 2.75) is 25.4 Å². The average molecular weight is 344 g/mol. The van der Waals surface area contributed by atoms with Gasteiger partial charge >= 0.3 is 5.69 Å². The summed E-state index contributed by atoms with van der Waals surface area (Å²) in [6, 6.07) is 18.6. The number of halogens is 1. The van der Waals surface area contributed by atoms with Gasteiger partial charge in [0.05, 0.1) is 17.6 Å². The van der Waals surface area contributed by atoms with Crippen LogP contribution in [0.25, 0.3) is 11.0 Å². The summed E-state index contributed by atoms with van der Waals surface area (Å²) in [4.78, 5) is 13.1. The first kappa shape index (κ1) is 16.8. The van der Waals surface area contributed by atoms with E-state index < -0.39 is 0 Å². The van der Waals surface area contributed by atoms with E-state index in [0.29, 0.717) is 12.6 Å². The summed E-state index contributed by atoms with van der Waals surface area (Å²) in [5, 5.41) is 3.38. The van der Waals surface area contributed by atoms with Gasteiger partial charge in [0.2, 0.25) is 0 Å². The molecule has 2 heterocycles. The van der Waals surface area contributed by atoms with E-state index in [9.17, 15) is 4.79 Å². The Kier molecular flexibility index (Phi) is 5.07. The van der Waals surface area contributed by atoms with Gasteiger partial charge < -0.3 is 5.32 Å². The van der Waals surface area contributed by atoms with Gasteiger partial charge in [0, 0.05) is 6.04 Å². The Balaban J connectivity index is 0.00000169. The van der Waals surface area contributed by atoms with Gasteiger partial charge in [0.25, 0.3) is 0 Å². The first-order valence-electron chi connectivity index (χ1n) is 8.29. The third-order valence-corrected chi connectivity index (χ3v) is 4.73. The Labute approximate surface area is 147 Å². The van der Waals surface area contributed by atoms with Crippen LogP contribution in [0.15, 0.2) is 59.4 Å². The highest BCUT2D eigenvalue weighted by molar-refractivity contribution is 5.85. The maximum absolute atomic E-state index is 13.1. The van der Waals surface area contributed by atoms with Crippen LogP contribution in [0, 0.1) is 0 Å². The van der Waals surface area contributed by atoms with E-state index >= 15 is 0 Å².